The Morgan fingerprint density at radius 2 is 1.21 bits per heavy atom. The molecule has 0 saturated carbocycles. The molecule has 9 aromatic rings. The number of allylic oxidation sites excluding steroid dienone is 5. The van der Waals surface area contributed by atoms with Crippen LogP contribution in [0.4, 0.5) is 0 Å². The van der Waals surface area contributed by atoms with Crippen molar-refractivity contribution in [2.24, 2.45) is 0 Å². The van der Waals surface area contributed by atoms with E-state index in [1.165, 1.54) is 16.7 Å². The van der Waals surface area contributed by atoms with Gasteiger partial charge in [-0.05, 0) is 76.7 Å². The van der Waals surface area contributed by atoms with Crippen molar-refractivity contribution in [2.45, 2.75) is 12.3 Å². The Hall–Kier alpha value is -6.85. The summed E-state index contributed by atoms with van der Waals surface area (Å²) in [4.78, 5) is 15.7. The minimum Gasteiger partial charge on any atom is -0.456 e. The molecule has 0 bridgehead atoms. The highest BCUT2D eigenvalue weighted by Crippen LogP contribution is 2.45. The Kier molecular flexibility index (Phi) is 6.31. The van der Waals surface area contributed by atoms with Crippen LogP contribution in [0.2, 0.25) is 0 Å². The fraction of sp³-hybridized carbons (Fsp3) is 0.0426. The maximum absolute atomic E-state index is 6.46. The molecule has 0 spiro atoms. The Morgan fingerprint density at radius 1 is 0.519 bits per heavy atom. The van der Waals surface area contributed by atoms with Crippen molar-refractivity contribution in [3.63, 3.8) is 0 Å². The summed E-state index contributed by atoms with van der Waals surface area (Å²) >= 11 is 0. The Labute approximate surface area is 298 Å². The van der Waals surface area contributed by atoms with Gasteiger partial charge in [0.25, 0.3) is 0 Å². The van der Waals surface area contributed by atoms with E-state index >= 15 is 0 Å². The highest BCUT2D eigenvalue weighted by atomic mass is 16.3. The molecule has 52 heavy (non-hydrogen) atoms. The van der Waals surface area contributed by atoms with Gasteiger partial charge in [0.2, 0.25) is 0 Å². The smallest absolute Gasteiger partial charge is 0.165 e. The third-order valence-corrected chi connectivity index (χ3v) is 10.5. The second-order valence-corrected chi connectivity index (χ2v) is 13.5. The number of fused-ring (bicyclic) bond motifs is 9. The first kappa shape index (κ1) is 28.9. The third-order valence-electron chi connectivity index (χ3n) is 10.5. The maximum atomic E-state index is 6.46. The summed E-state index contributed by atoms with van der Waals surface area (Å²) < 4.78 is 12.7. The molecule has 2 aliphatic rings. The van der Waals surface area contributed by atoms with Crippen LogP contribution in [0.15, 0.2) is 166 Å². The van der Waals surface area contributed by atoms with Crippen LogP contribution in [0.1, 0.15) is 29.3 Å². The molecule has 0 N–H and O–H groups in total. The van der Waals surface area contributed by atoms with Gasteiger partial charge in [0.1, 0.15) is 22.3 Å². The normalized spacial score (nSPS) is 15.2. The largest absolute Gasteiger partial charge is 0.456 e. The van der Waals surface area contributed by atoms with Gasteiger partial charge in [-0.1, -0.05) is 115 Å². The van der Waals surface area contributed by atoms with E-state index in [1.807, 2.05) is 42.5 Å². The fourth-order valence-corrected chi connectivity index (χ4v) is 8.03. The minimum absolute atomic E-state index is 0.311. The van der Waals surface area contributed by atoms with E-state index in [1.54, 1.807) is 0 Å². The molecule has 3 aromatic heterocycles. The number of rotatable bonds is 4. The van der Waals surface area contributed by atoms with Crippen molar-refractivity contribution in [1.82, 2.24) is 15.0 Å². The number of para-hydroxylation sites is 2. The molecule has 2 aliphatic carbocycles. The molecule has 6 aromatic carbocycles. The lowest BCUT2D eigenvalue weighted by Gasteiger charge is -2.27. The Balaban J connectivity index is 1.17. The zero-order valence-electron chi connectivity index (χ0n) is 28.0. The number of hydrogen-bond acceptors (Lipinski definition) is 5. The van der Waals surface area contributed by atoms with Gasteiger partial charge < -0.3 is 8.83 Å². The zero-order chi connectivity index (χ0) is 34.2. The summed E-state index contributed by atoms with van der Waals surface area (Å²) in [7, 11) is 0. The maximum Gasteiger partial charge on any atom is 0.165 e. The molecule has 11 rings (SSSR count). The molecule has 0 saturated heterocycles. The van der Waals surface area contributed by atoms with Crippen molar-refractivity contribution >= 4 is 55.5 Å². The summed E-state index contributed by atoms with van der Waals surface area (Å²) in [5.41, 5.74) is 12.1. The summed E-state index contributed by atoms with van der Waals surface area (Å²) in [6.07, 6.45) is 9.86. The van der Waals surface area contributed by atoms with Gasteiger partial charge in [0.05, 0.1) is 0 Å². The van der Waals surface area contributed by atoms with Crippen molar-refractivity contribution in [3.8, 4) is 33.9 Å². The molecule has 1 unspecified atom stereocenters. The highest BCUT2D eigenvalue weighted by molar-refractivity contribution is 6.16. The Bertz CT molecular complexity index is 3000. The van der Waals surface area contributed by atoms with Crippen molar-refractivity contribution in [1.29, 1.82) is 0 Å². The molecular weight excluding hydrogens is 639 g/mol. The van der Waals surface area contributed by atoms with Crippen LogP contribution in [0.5, 0.6) is 0 Å². The number of furan rings is 2. The molecule has 1 atom stereocenters. The van der Waals surface area contributed by atoms with E-state index < -0.39 is 0 Å². The lowest BCUT2D eigenvalue weighted by atomic mass is 9.78. The van der Waals surface area contributed by atoms with Crippen LogP contribution in [0.25, 0.3) is 89.4 Å². The van der Waals surface area contributed by atoms with Crippen molar-refractivity contribution in [3.05, 3.63) is 174 Å². The van der Waals surface area contributed by atoms with Gasteiger partial charge in [0, 0.05) is 44.2 Å². The van der Waals surface area contributed by atoms with Gasteiger partial charge in [-0.15, -0.1) is 0 Å². The predicted molar refractivity (Wildman–Crippen MR) is 210 cm³/mol. The standard InChI is InChI=1S/C47H29N3O2/c1-2-11-29(12-3-1)45-48-46(32-20-22-34-30(26-32)19-18-28-10-4-5-13-33(28)34)50-47(49-45)44-35(23-25-42-43(44)37-15-7-9-17-40(37)52-42)31-21-24-41-38(27-31)36-14-6-8-16-39(36)51-41/h1-21,23-27,34H,22H2. The predicted octanol–water partition coefficient (Wildman–Crippen LogP) is 12.2. The highest BCUT2D eigenvalue weighted by Gasteiger charge is 2.26. The van der Waals surface area contributed by atoms with Crippen LogP contribution >= 0.6 is 0 Å². The van der Waals surface area contributed by atoms with Crippen molar-refractivity contribution in [2.75, 3.05) is 0 Å². The monoisotopic (exact) mass is 667 g/mol. The van der Waals surface area contributed by atoms with Crippen LogP contribution < -0.4 is 0 Å². The number of hydrogen-bond donors (Lipinski definition) is 0. The first-order chi connectivity index (χ1) is 25.7. The van der Waals surface area contributed by atoms with E-state index in [4.69, 9.17) is 23.8 Å². The summed E-state index contributed by atoms with van der Waals surface area (Å²) in [6, 6.07) is 45.8. The first-order valence-electron chi connectivity index (χ1n) is 17.6. The molecule has 5 heteroatoms. The van der Waals surface area contributed by atoms with Crippen LogP contribution in [0.3, 0.4) is 0 Å². The van der Waals surface area contributed by atoms with Gasteiger partial charge in [-0.25, -0.2) is 15.0 Å². The molecule has 244 valence electrons. The molecule has 0 radical (unpaired) electrons. The molecule has 3 heterocycles. The summed E-state index contributed by atoms with van der Waals surface area (Å²) in [5.74, 6) is 2.18. The zero-order valence-corrected chi connectivity index (χ0v) is 28.0. The number of benzene rings is 6. The van der Waals surface area contributed by atoms with Crippen LogP contribution in [0, 0.1) is 0 Å². The van der Waals surface area contributed by atoms with Gasteiger partial charge in [-0.2, -0.15) is 0 Å². The van der Waals surface area contributed by atoms with Gasteiger partial charge in [0.15, 0.2) is 17.5 Å². The lowest BCUT2D eigenvalue weighted by molar-refractivity contribution is 0.668. The quantitative estimate of drug-likeness (QED) is 0.187. The van der Waals surface area contributed by atoms with E-state index in [0.29, 0.717) is 23.4 Å². The average molecular weight is 668 g/mol. The second kappa shape index (κ2) is 11.3. The van der Waals surface area contributed by atoms with E-state index in [2.05, 4.69) is 115 Å². The number of nitrogens with zero attached hydrogens (tertiary/aromatic N) is 3. The minimum atomic E-state index is 0.311. The molecule has 0 fully saturated rings. The van der Waals surface area contributed by atoms with E-state index in [9.17, 15) is 0 Å². The van der Waals surface area contributed by atoms with Gasteiger partial charge in [-0.3, -0.25) is 0 Å². The first-order valence-corrected chi connectivity index (χ1v) is 17.6. The fourth-order valence-electron chi connectivity index (χ4n) is 8.03. The van der Waals surface area contributed by atoms with Crippen LogP contribution in [-0.4, -0.2) is 15.0 Å². The molecule has 0 amide bonds. The lowest BCUT2D eigenvalue weighted by Crippen LogP contribution is -2.11. The second-order valence-electron chi connectivity index (χ2n) is 13.5. The van der Waals surface area contributed by atoms with E-state index in [-0.39, 0.29) is 0 Å². The average Bonchev–Trinajstić information content (AvgIpc) is 3.78. The topological polar surface area (TPSA) is 65.0 Å². The van der Waals surface area contributed by atoms with E-state index in [0.717, 1.165) is 78.1 Å². The van der Waals surface area contributed by atoms with Crippen LogP contribution in [-0.2, 0) is 0 Å². The third kappa shape index (κ3) is 4.53. The SMILES string of the molecule is C1=Cc2ccccc2C2CC=C(c3nc(-c4ccccc4)nc(-c4c(-c5ccc6oc7ccccc7c6c5)ccc5oc6ccccc6c45)n3)C=C12. The van der Waals surface area contributed by atoms with Crippen molar-refractivity contribution < 1.29 is 8.83 Å². The Morgan fingerprint density at radius 3 is 2.12 bits per heavy atom. The molecular formula is C47H29N3O2. The molecule has 5 nitrogen and oxygen atoms in total. The summed E-state index contributed by atoms with van der Waals surface area (Å²) in [6.45, 7) is 0. The molecule has 0 aliphatic heterocycles. The summed E-state index contributed by atoms with van der Waals surface area (Å²) in [5, 5.41) is 4.14. The van der Waals surface area contributed by atoms with Gasteiger partial charge >= 0.3 is 0 Å². The number of aromatic nitrogens is 3.